The predicted octanol–water partition coefficient (Wildman–Crippen LogP) is 3.71. The molecule has 0 aliphatic rings. The van der Waals surface area contributed by atoms with Gasteiger partial charge in [0.2, 0.25) is 0 Å². The maximum atomic E-state index is 5.74. The number of aromatic nitrogens is 1. The third-order valence-electron chi connectivity index (χ3n) is 2.66. The molecule has 0 saturated carbocycles. The Morgan fingerprint density at radius 1 is 1.17 bits per heavy atom. The lowest BCUT2D eigenvalue weighted by Crippen LogP contribution is -1.99. The highest BCUT2D eigenvalue weighted by atomic mass is 32.2. The predicted molar refractivity (Wildman–Crippen MR) is 78.6 cm³/mol. The van der Waals surface area contributed by atoms with Gasteiger partial charge >= 0.3 is 0 Å². The smallest absolute Gasteiger partial charge is 0.0318 e. The van der Waals surface area contributed by atoms with Crippen molar-refractivity contribution in [1.29, 1.82) is 0 Å². The fraction of sp³-hybridized carbons (Fsp3) is 0.267. The van der Waals surface area contributed by atoms with Crippen molar-refractivity contribution in [2.75, 3.05) is 0 Å². The largest absolute Gasteiger partial charge is 0.326 e. The highest BCUT2D eigenvalue weighted by Crippen LogP contribution is 2.27. The normalized spacial score (nSPS) is 10.9. The van der Waals surface area contributed by atoms with Crippen LogP contribution in [-0.4, -0.2) is 10.2 Å². The third kappa shape index (κ3) is 3.12. The summed E-state index contributed by atoms with van der Waals surface area (Å²) in [5.74, 6) is 0. The molecule has 0 amide bonds. The summed E-state index contributed by atoms with van der Waals surface area (Å²) in [4.78, 5) is 5.42. The van der Waals surface area contributed by atoms with E-state index in [-0.39, 0.29) is 0 Å². The zero-order valence-electron chi connectivity index (χ0n) is 10.8. The van der Waals surface area contributed by atoms with Crippen LogP contribution in [0.15, 0.2) is 47.6 Å². The third-order valence-corrected chi connectivity index (χ3v) is 3.68. The van der Waals surface area contributed by atoms with E-state index in [1.165, 1.54) is 16.0 Å². The van der Waals surface area contributed by atoms with Crippen molar-refractivity contribution in [1.82, 2.24) is 4.98 Å². The van der Waals surface area contributed by atoms with Gasteiger partial charge in [0, 0.05) is 29.1 Å². The standard InChI is InChI=1S/C15H18N2S/c1-11(2)18-14-5-3-12(4-6-14)15-7-8-17-10-13(15)9-16/h3-8,10-11H,9,16H2,1-2H3. The molecule has 0 radical (unpaired) electrons. The minimum Gasteiger partial charge on any atom is -0.326 e. The van der Waals surface area contributed by atoms with Crippen molar-refractivity contribution in [2.45, 2.75) is 30.5 Å². The summed E-state index contributed by atoms with van der Waals surface area (Å²) in [5.41, 5.74) is 9.20. The quantitative estimate of drug-likeness (QED) is 0.850. The zero-order valence-corrected chi connectivity index (χ0v) is 11.6. The zero-order chi connectivity index (χ0) is 13.0. The Hall–Kier alpha value is -1.32. The van der Waals surface area contributed by atoms with Gasteiger partial charge in [-0.3, -0.25) is 4.98 Å². The van der Waals surface area contributed by atoms with Gasteiger partial charge < -0.3 is 5.73 Å². The fourth-order valence-corrected chi connectivity index (χ4v) is 2.69. The molecule has 1 aromatic carbocycles. The molecule has 2 N–H and O–H groups in total. The van der Waals surface area contributed by atoms with E-state index in [9.17, 15) is 0 Å². The first-order chi connectivity index (χ1) is 8.70. The highest BCUT2D eigenvalue weighted by molar-refractivity contribution is 7.99. The first-order valence-electron chi connectivity index (χ1n) is 6.10. The lowest BCUT2D eigenvalue weighted by molar-refractivity contribution is 1.05. The van der Waals surface area contributed by atoms with Gasteiger partial charge in [-0.05, 0) is 34.9 Å². The summed E-state index contributed by atoms with van der Waals surface area (Å²) >= 11 is 1.88. The molecule has 2 rings (SSSR count). The molecule has 94 valence electrons. The summed E-state index contributed by atoms with van der Waals surface area (Å²) in [7, 11) is 0. The fourth-order valence-electron chi connectivity index (χ4n) is 1.86. The van der Waals surface area contributed by atoms with Gasteiger partial charge in [0.25, 0.3) is 0 Å². The average Bonchev–Trinajstić information content (AvgIpc) is 2.39. The molecule has 0 aliphatic carbocycles. The summed E-state index contributed by atoms with van der Waals surface area (Å²) in [6.07, 6.45) is 3.65. The maximum Gasteiger partial charge on any atom is 0.0318 e. The molecule has 0 aliphatic heterocycles. The number of rotatable bonds is 4. The second-order valence-corrected chi connectivity index (χ2v) is 6.08. The lowest BCUT2D eigenvalue weighted by atomic mass is 10.0. The Balaban J connectivity index is 2.28. The van der Waals surface area contributed by atoms with Gasteiger partial charge in [0.15, 0.2) is 0 Å². The molecule has 0 fully saturated rings. The van der Waals surface area contributed by atoms with E-state index in [1.807, 2.05) is 30.2 Å². The van der Waals surface area contributed by atoms with Gasteiger partial charge in [-0.1, -0.05) is 26.0 Å². The number of thioether (sulfide) groups is 1. The highest BCUT2D eigenvalue weighted by Gasteiger charge is 2.04. The molecule has 0 unspecified atom stereocenters. The van der Waals surface area contributed by atoms with Gasteiger partial charge in [-0.15, -0.1) is 11.8 Å². The molecule has 2 nitrogen and oxygen atoms in total. The first-order valence-corrected chi connectivity index (χ1v) is 6.98. The van der Waals surface area contributed by atoms with Gasteiger partial charge in [-0.25, -0.2) is 0 Å². The first kappa shape index (κ1) is 13.1. The van der Waals surface area contributed by atoms with Gasteiger partial charge in [-0.2, -0.15) is 0 Å². The van der Waals surface area contributed by atoms with Crippen molar-refractivity contribution in [2.24, 2.45) is 5.73 Å². The van der Waals surface area contributed by atoms with Crippen LogP contribution >= 0.6 is 11.8 Å². The molecule has 0 saturated heterocycles. The minimum absolute atomic E-state index is 0.520. The van der Waals surface area contributed by atoms with E-state index < -0.39 is 0 Å². The van der Waals surface area contributed by atoms with E-state index in [4.69, 9.17) is 5.73 Å². The van der Waals surface area contributed by atoms with Crippen LogP contribution in [-0.2, 0) is 6.54 Å². The van der Waals surface area contributed by atoms with E-state index in [0.29, 0.717) is 11.8 Å². The maximum absolute atomic E-state index is 5.74. The van der Waals surface area contributed by atoms with Gasteiger partial charge in [0.1, 0.15) is 0 Å². The Morgan fingerprint density at radius 2 is 1.89 bits per heavy atom. The number of benzene rings is 1. The molecule has 1 heterocycles. The van der Waals surface area contributed by atoms with Crippen LogP contribution in [0.2, 0.25) is 0 Å². The Bertz CT molecular complexity index is 506. The van der Waals surface area contributed by atoms with Crippen molar-refractivity contribution >= 4 is 11.8 Å². The number of nitrogens with two attached hydrogens (primary N) is 1. The Labute approximate surface area is 113 Å². The summed E-state index contributed by atoms with van der Waals surface area (Å²) in [6.45, 7) is 4.92. The summed E-state index contributed by atoms with van der Waals surface area (Å²) < 4.78 is 0. The minimum atomic E-state index is 0.520. The van der Waals surface area contributed by atoms with E-state index in [2.05, 4.69) is 43.1 Å². The molecule has 0 bridgehead atoms. The molecule has 3 heteroatoms. The van der Waals surface area contributed by atoms with Crippen LogP contribution < -0.4 is 5.73 Å². The van der Waals surface area contributed by atoms with Crippen LogP contribution in [0.1, 0.15) is 19.4 Å². The second kappa shape index (κ2) is 6.03. The number of hydrogen-bond acceptors (Lipinski definition) is 3. The number of hydrogen-bond donors (Lipinski definition) is 1. The monoisotopic (exact) mass is 258 g/mol. The van der Waals surface area contributed by atoms with Crippen molar-refractivity contribution in [3.8, 4) is 11.1 Å². The Kier molecular flexibility index (Phi) is 4.39. The van der Waals surface area contributed by atoms with Crippen molar-refractivity contribution < 1.29 is 0 Å². The lowest BCUT2D eigenvalue weighted by Gasteiger charge is -2.09. The van der Waals surface area contributed by atoms with Crippen LogP contribution in [0.25, 0.3) is 11.1 Å². The van der Waals surface area contributed by atoms with Crippen LogP contribution in [0.5, 0.6) is 0 Å². The van der Waals surface area contributed by atoms with Crippen molar-refractivity contribution in [3.63, 3.8) is 0 Å². The van der Waals surface area contributed by atoms with Gasteiger partial charge in [0.05, 0.1) is 0 Å². The molecule has 18 heavy (non-hydrogen) atoms. The van der Waals surface area contributed by atoms with Crippen LogP contribution in [0, 0.1) is 0 Å². The number of nitrogens with zero attached hydrogens (tertiary/aromatic N) is 1. The van der Waals surface area contributed by atoms with E-state index in [0.717, 1.165) is 5.56 Å². The SMILES string of the molecule is CC(C)Sc1ccc(-c2ccncc2CN)cc1. The topological polar surface area (TPSA) is 38.9 Å². The molecular formula is C15H18N2S. The van der Waals surface area contributed by atoms with Crippen LogP contribution in [0.3, 0.4) is 0 Å². The summed E-state index contributed by atoms with van der Waals surface area (Å²) in [5, 5.41) is 0.608. The number of pyridine rings is 1. The molecular weight excluding hydrogens is 240 g/mol. The molecule has 0 spiro atoms. The van der Waals surface area contributed by atoms with Crippen LogP contribution in [0.4, 0.5) is 0 Å². The van der Waals surface area contributed by atoms with Crippen molar-refractivity contribution in [3.05, 3.63) is 48.3 Å². The van der Waals surface area contributed by atoms with E-state index >= 15 is 0 Å². The average molecular weight is 258 g/mol. The molecule has 2 aromatic rings. The summed E-state index contributed by atoms with van der Waals surface area (Å²) in [6, 6.07) is 10.7. The Morgan fingerprint density at radius 3 is 2.50 bits per heavy atom. The van der Waals surface area contributed by atoms with E-state index in [1.54, 1.807) is 0 Å². The molecule has 1 aromatic heterocycles. The molecule has 0 atom stereocenters. The second-order valence-electron chi connectivity index (χ2n) is 4.43.